The third-order valence-corrected chi connectivity index (χ3v) is 2.19. The van der Waals surface area contributed by atoms with Crippen LogP contribution in [-0.4, -0.2) is 28.8 Å². The lowest BCUT2D eigenvalue weighted by molar-refractivity contribution is 0.282. The molecular weight excluding hydrogens is 205 g/mol. The number of hydrogen-bond donors (Lipinski definition) is 4. The van der Waals surface area contributed by atoms with Gasteiger partial charge in [-0.25, -0.2) is 0 Å². The highest BCUT2D eigenvalue weighted by Crippen LogP contribution is 2.08. The molecule has 1 aromatic carbocycles. The van der Waals surface area contributed by atoms with Crippen LogP contribution in [0.4, 0.5) is 5.69 Å². The van der Waals surface area contributed by atoms with E-state index >= 15 is 0 Å². The number of nitrogens with one attached hydrogen (secondary N) is 1. The van der Waals surface area contributed by atoms with E-state index in [1.54, 1.807) is 18.2 Å². The van der Waals surface area contributed by atoms with E-state index in [4.69, 9.17) is 15.2 Å². The SMILES string of the molecule is C=C(C)CNc1ccc(CO)c(B(O)O)c1. The summed E-state index contributed by atoms with van der Waals surface area (Å²) in [5.74, 6) is 0. The highest BCUT2D eigenvalue weighted by atomic mass is 16.4. The Bertz CT molecular complexity index is 379. The molecule has 0 unspecified atom stereocenters. The topological polar surface area (TPSA) is 72.7 Å². The lowest BCUT2D eigenvalue weighted by Gasteiger charge is -2.11. The van der Waals surface area contributed by atoms with Crippen LogP contribution in [0.2, 0.25) is 0 Å². The largest absolute Gasteiger partial charge is 0.488 e. The summed E-state index contributed by atoms with van der Waals surface area (Å²) in [6, 6.07) is 5.05. The first-order chi connectivity index (χ1) is 7.54. The molecule has 0 amide bonds. The molecule has 0 aliphatic heterocycles. The van der Waals surface area contributed by atoms with E-state index in [9.17, 15) is 0 Å². The second-order valence-corrected chi connectivity index (χ2v) is 3.76. The van der Waals surface area contributed by atoms with Gasteiger partial charge < -0.3 is 20.5 Å². The van der Waals surface area contributed by atoms with Gasteiger partial charge in [-0.05, 0) is 30.1 Å². The van der Waals surface area contributed by atoms with Crippen molar-refractivity contribution in [3.8, 4) is 0 Å². The van der Waals surface area contributed by atoms with Gasteiger partial charge in [0.1, 0.15) is 0 Å². The predicted molar refractivity (Wildman–Crippen MR) is 65.5 cm³/mol. The van der Waals surface area contributed by atoms with E-state index in [0.29, 0.717) is 17.6 Å². The van der Waals surface area contributed by atoms with Crippen LogP contribution in [0, 0.1) is 0 Å². The maximum atomic E-state index is 9.14. The monoisotopic (exact) mass is 221 g/mol. The van der Waals surface area contributed by atoms with E-state index in [1.165, 1.54) is 0 Å². The van der Waals surface area contributed by atoms with Gasteiger partial charge in [0.05, 0.1) is 6.61 Å². The molecular formula is C11H16BNO3. The van der Waals surface area contributed by atoms with Gasteiger partial charge in [0.25, 0.3) is 0 Å². The van der Waals surface area contributed by atoms with Gasteiger partial charge in [0.2, 0.25) is 0 Å². The minimum absolute atomic E-state index is 0.215. The van der Waals surface area contributed by atoms with Crippen LogP contribution in [-0.2, 0) is 6.61 Å². The zero-order valence-electron chi connectivity index (χ0n) is 9.27. The lowest BCUT2D eigenvalue weighted by atomic mass is 9.77. The summed E-state index contributed by atoms with van der Waals surface area (Å²) in [6.07, 6.45) is 0. The van der Waals surface area contributed by atoms with Crippen molar-refractivity contribution >= 4 is 18.3 Å². The Balaban J connectivity index is 2.89. The fraction of sp³-hybridized carbons (Fsp3) is 0.273. The number of aliphatic hydroxyl groups excluding tert-OH is 1. The molecule has 0 fully saturated rings. The van der Waals surface area contributed by atoms with E-state index in [-0.39, 0.29) is 6.61 Å². The Morgan fingerprint density at radius 2 is 2.12 bits per heavy atom. The fourth-order valence-electron chi connectivity index (χ4n) is 1.34. The normalized spacial score (nSPS) is 10.0. The van der Waals surface area contributed by atoms with Crippen molar-refractivity contribution in [1.82, 2.24) is 0 Å². The van der Waals surface area contributed by atoms with Crippen LogP contribution in [0.5, 0.6) is 0 Å². The minimum atomic E-state index is -1.58. The maximum absolute atomic E-state index is 9.14. The van der Waals surface area contributed by atoms with E-state index in [0.717, 1.165) is 11.3 Å². The van der Waals surface area contributed by atoms with Gasteiger partial charge in [0, 0.05) is 12.2 Å². The van der Waals surface area contributed by atoms with Crippen LogP contribution < -0.4 is 10.8 Å². The smallest absolute Gasteiger partial charge is 0.423 e. The molecule has 0 heterocycles. The molecule has 0 saturated heterocycles. The number of rotatable bonds is 5. The maximum Gasteiger partial charge on any atom is 0.488 e. The van der Waals surface area contributed by atoms with Crippen molar-refractivity contribution in [3.63, 3.8) is 0 Å². The molecule has 4 N–H and O–H groups in total. The van der Waals surface area contributed by atoms with Crippen LogP contribution >= 0.6 is 0 Å². The van der Waals surface area contributed by atoms with Gasteiger partial charge in [-0.3, -0.25) is 0 Å². The van der Waals surface area contributed by atoms with Gasteiger partial charge in [-0.15, -0.1) is 0 Å². The number of aliphatic hydroxyl groups is 1. The quantitative estimate of drug-likeness (QED) is 0.412. The van der Waals surface area contributed by atoms with Crippen molar-refractivity contribution in [1.29, 1.82) is 0 Å². The first kappa shape index (κ1) is 12.8. The minimum Gasteiger partial charge on any atom is -0.423 e. The van der Waals surface area contributed by atoms with Crippen molar-refractivity contribution in [2.45, 2.75) is 13.5 Å². The summed E-state index contributed by atoms with van der Waals surface area (Å²) >= 11 is 0. The third kappa shape index (κ3) is 3.38. The first-order valence-electron chi connectivity index (χ1n) is 5.02. The molecule has 86 valence electrons. The summed E-state index contributed by atoms with van der Waals surface area (Å²) in [5.41, 5.74) is 2.57. The van der Waals surface area contributed by atoms with Gasteiger partial charge in [-0.1, -0.05) is 18.2 Å². The molecule has 0 saturated carbocycles. The molecule has 0 radical (unpaired) electrons. The lowest BCUT2D eigenvalue weighted by Crippen LogP contribution is -2.33. The van der Waals surface area contributed by atoms with E-state index in [1.807, 2.05) is 6.92 Å². The molecule has 0 aliphatic carbocycles. The highest BCUT2D eigenvalue weighted by molar-refractivity contribution is 6.59. The Labute approximate surface area is 95.4 Å². The Morgan fingerprint density at radius 3 is 2.62 bits per heavy atom. The molecule has 1 aromatic rings. The Kier molecular flexibility index (Phi) is 4.55. The molecule has 4 nitrogen and oxygen atoms in total. The zero-order valence-corrected chi connectivity index (χ0v) is 9.27. The molecule has 0 spiro atoms. The van der Waals surface area contributed by atoms with Crippen molar-refractivity contribution in [3.05, 3.63) is 35.9 Å². The Hall–Kier alpha value is -1.30. The second-order valence-electron chi connectivity index (χ2n) is 3.76. The summed E-state index contributed by atoms with van der Waals surface area (Å²) < 4.78 is 0. The second kappa shape index (κ2) is 5.70. The molecule has 0 aromatic heterocycles. The summed E-state index contributed by atoms with van der Waals surface area (Å²) in [6.45, 7) is 6.07. The molecule has 0 bridgehead atoms. The molecule has 16 heavy (non-hydrogen) atoms. The van der Waals surface area contributed by atoms with E-state index < -0.39 is 7.12 Å². The summed E-state index contributed by atoms with van der Waals surface area (Å²) in [4.78, 5) is 0. The first-order valence-corrected chi connectivity index (χ1v) is 5.02. The number of anilines is 1. The molecule has 0 atom stereocenters. The standard InChI is InChI=1S/C11H16BNO3/c1-8(2)6-13-10-4-3-9(7-14)11(5-10)12(15)16/h3-5,13-16H,1,6-7H2,2H3. The number of hydrogen-bond acceptors (Lipinski definition) is 4. The predicted octanol–water partition coefficient (Wildman–Crippen LogP) is -0.153. The summed E-state index contributed by atoms with van der Waals surface area (Å²) in [5, 5.41) is 30.4. The van der Waals surface area contributed by atoms with Crippen LogP contribution in [0.1, 0.15) is 12.5 Å². The zero-order chi connectivity index (χ0) is 12.1. The molecule has 5 heteroatoms. The van der Waals surface area contributed by atoms with Gasteiger partial charge in [0.15, 0.2) is 0 Å². The average molecular weight is 221 g/mol. The van der Waals surface area contributed by atoms with Gasteiger partial charge in [-0.2, -0.15) is 0 Å². The average Bonchev–Trinajstić information content (AvgIpc) is 2.25. The fourth-order valence-corrected chi connectivity index (χ4v) is 1.34. The van der Waals surface area contributed by atoms with Crippen LogP contribution in [0.15, 0.2) is 30.4 Å². The molecule has 1 rings (SSSR count). The highest BCUT2D eigenvalue weighted by Gasteiger charge is 2.15. The third-order valence-electron chi connectivity index (χ3n) is 2.19. The molecule has 0 aliphatic rings. The van der Waals surface area contributed by atoms with E-state index in [2.05, 4.69) is 11.9 Å². The Morgan fingerprint density at radius 1 is 1.44 bits per heavy atom. The van der Waals surface area contributed by atoms with Crippen molar-refractivity contribution in [2.75, 3.05) is 11.9 Å². The van der Waals surface area contributed by atoms with Crippen molar-refractivity contribution < 1.29 is 15.2 Å². The van der Waals surface area contributed by atoms with Crippen LogP contribution in [0.3, 0.4) is 0 Å². The summed E-state index contributed by atoms with van der Waals surface area (Å²) in [7, 11) is -1.58. The van der Waals surface area contributed by atoms with Crippen molar-refractivity contribution in [2.24, 2.45) is 0 Å². The number of benzene rings is 1. The van der Waals surface area contributed by atoms with Gasteiger partial charge >= 0.3 is 7.12 Å². The van der Waals surface area contributed by atoms with Crippen LogP contribution in [0.25, 0.3) is 0 Å².